The highest BCUT2D eigenvalue weighted by atomic mass is 31.1. The number of rotatable bonds is 7. The molecule has 0 aliphatic heterocycles. The van der Waals surface area contributed by atoms with Crippen molar-refractivity contribution in [3.05, 3.63) is 12.7 Å². The minimum atomic E-state index is -2.20. The Balaban J connectivity index is 2.90. The molecule has 0 spiro atoms. The fourth-order valence-corrected chi connectivity index (χ4v) is 1.47. The average Bonchev–Trinajstić information content (AvgIpc) is 1.96. The highest BCUT2D eigenvalue weighted by molar-refractivity contribution is 7.37. The highest BCUT2D eigenvalue weighted by Gasteiger charge is 1.92. The van der Waals surface area contributed by atoms with Crippen LogP contribution in [0.2, 0.25) is 0 Å². The summed E-state index contributed by atoms with van der Waals surface area (Å²) in [6, 6.07) is 0. The first-order valence-electron chi connectivity index (χ1n) is 4.10. The van der Waals surface area contributed by atoms with E-state index in [-0.39, 0.29) is 0 Å². The molecular weight excluding hydrogens is 159 g/mol. The van der Waals surface area contributed by atoms with Crippen molar-refractivity contribution in [3.8, 4) is 0 Å². The van der Waals surface area contributed by atoms with Gasteiger partial charge in [0.05, 0.1) is 0 Å². The van der Waals surface area contributed by atoms with Crippen molar-refractivity contribution in [1.29, 1.82) is 0 Å². The van der Waals surface area contributed by atoms with E-state index in [9.17, 15) is 4.57 Å². The lowest BCUT2D eigenvalue weighted by Gasteiger charge is -1.96. The number of hydrogen-bond donors (Lipinski definition) is 1. The van der Waals surface area contributed by atoms with Crippen LogP contribution in [0.5, 0.6) is 0 Å². The van der Waals surface area contributed by atoms with Gasteiger partial charge >= 0.3 is 0 Å². The van der Waals surface area contributed by atoms with Crippen LogP contribution >= 0.6 is 8.03 Å². The topological polar surface area (TPSA) is 37.3 Å². The van der Waals surface area contributed by atoms with Gasteiger partial charge in [-0.1, -0.05) is 18.9 Å². The Morgan fingerprint density at radius 3 is 2.45 bits per heavy atom. The van der Waals surface area contributed by atoms with Crippen LogP contribution in [0, 0.1) is 0 Å². The van der Waals surface area contributed by atoms with Crippen molar-refractivity contribution in [2.45, 2.75) is 32.1 Å². The molecule has 2 nitrogen and oxygen atoms in total. The predicted molar refractivity (Wildman–Crippen MR) is 49.4 cm³/mol. The lowest BCUT2D eigenvalue weighted by Crippen LogP contribution is -1.80. The Kier molecular flexibility index (Phi) is 7.98. The van der Waals surface area contributed by atoms with Crippen molar-refractivity contribution in [3.63, 3.8) is 0 Å². The van der Waals surface area contributed by atoms with E-state index in [1.807, 2.05) is 6.08 Å². The SMILES string of the molecule is C=CCCCCCC[PH](=O)O. The Labute approximate surface area is 69.2 Å². The molecular formula is C8H17O2P. The highest BCUT2D eigenvalue weighted by Crippen LogP contribution is 2.16. The molecule has 0 aromatic heterocycles. The quantitative estimate of drug-likeness (QED) is 0.367. The van der Waals surface area contributed by atoms with E-state index < -0.39 is 8.03 Å². The maximum atomic E-state index is 10.3. The van der Waals surface area contributed by atoms with E-state index in [0.717, 1.165) is 32.1 Å². The molecule has 3 heteroatoms. The summed E-state index contributed by atoms with van der Waals surface area (Å²) in [6.45, 7) is 3.62. The third-order valence-corrected chi connectivity index (χ3v) is 2.33. The second-order valence-corrected chi connectivity index (χ2v) is 3.92. The molecule has 1 N–H and O–H groups in total. The molecule has 0 aromatic carbocycles. The molecule has 0 saturated heterocycles. The van der Waals surface area contributed by atoms with Gasteiger partial charge in [-0.05, 0) is 19.3 Å². The summed E-state index contributed by atoms with van der Waals surface area (Å²) >= 11 is 0. The van der Waals surface area contributed by atoms with Gasteiger partial charge in [0, 0.05) is 6.16 Å². The number of hydrogen-bond acceptors (Lipinski definition) is 1. The Morgan fingerprint density at radius 1 is 1.27 bits per heavy atom. The molecule has 0 fully saturated rings. The minimum Gasteiger partial charge on any atom is -0.346 e. The van der Waals surface area contributed by atoms with Gasteiger partial charge in [0.2, 0.25) is 0 Å². The molecule has 0 aliphatic rings. The standard InChI is InChI=1S/C8H17O2P/c1-2-3-4-5-6-7-8-11(9)10/h2,11H,1,3-8H2,(H,9,10). The van der Waals surface area contributed by atoms with Gasteiger partial charge in [0.1, 0.15) is 0 Å². The normalized spacial score (nSPS) is 12.8. The van der Waals surface area contributed by atoms with Crippen LogP contribution < -0.4 is 0 Å². The third kappa shape index (κ3) is 9.93. The maximum absolute atomic E-state index is 10.3. The molecule has 0 saturated carbocycles. The number of allylic oxidation sites excluding steroid dienone is 1. The van der Waals surface area contributed by atoms with Crippen molar-refractivity contribution < 1.29 is 9.46 Å². The second kappa shape index (κ2) is 8.03. The zero-order valence-electron chi connectivity index (χ0n) is 6.88. The molecule has 0 amide bonds. The molecule has 66 valence electrons. The van der Waals surface area contributed by atoms with Gasteiger partial charge in [-0.25, -0.2) is 0 Å². The van der Waals surface area contributed by atoms with E-state index in [1.165, 1.54) is 0 Å². The lowest BCUT2D eigenvalue weighted by molar-refractivity contribution is 0.499. The van der Waals surface area contributed by atoms with E-state index in [0.29, 0.717) is 6.16 Å². The summed E-state index contributed by atoms with van der Waals surface area (Å²) in [6.07, 6.45) is 7.76. The largest absolute Gasteiger partial charge is 0.346 e. The second-order valence-electron chi connectivity index (χ2n) is 2.64. The van der Waals surface area contributed by atoms with Crippen molar-refractivity contribution in [2.24, 2.45) is 0 Å². The van der Waals surface area contributed by atoms with Gasteiger partial charge in [-0.3, -0.25) is 4.57 Å². The molecule has 0 heterocycles. The average molecular weight is 176 g/mol. The zero-order chi connectivity index (χ0) is 8.53. The summed E-state index contributed by atoms with van der Waals surface area (Å²) in [7, 11) is -2.20. The molecule has 0 radical (unpaired) electrons. The number of unbranched alkanes of at least 4 members (excludes halogenated alkanes) is 4. The molecule has 1 unspecified atom stereocenters. The third-order valence-electron chi connectivity index (χ3n) is 1.55. The fourth-order valence-electron chi connectivity index (χ4n) is 0.918. The maximum Gasteiger partial charge on any atom is 0.189 e. The molecule has 1 atom stereocenters. The smallest absolute Gasteiger partial charge is 0.189 e. The Morgan fingerprint density at radius 2 is 1.91 bits per heavy atom. The van der Waals surface area contributed by atoms with Gasteiger partial charge in [0.25, 0.3) is 0 Å². The predicted octanol–water partition coefficient (Wildman–Crippen LogP) is 2.59. The monoisotopic (exact) mass is 176 g/mol. The summed E-state index contributed by atoms with van der Waals surface area (Å²) in [5.74, 6) is 0. The first kappa shape index (κ1) is 10.9. The Bertz CT molecular complexity index is 123. The van der Waals surface area contributed by atoms with Crippen LogP contribution in [0.4, 0.5) is 0 Å². The van der Waals surface area contributed by atoms with E-state index >= 15 is 0 Å². The van der Waals surface area contributed by atoms with E-state index in [2.05, 4.69) is 6.58 Å². The van der Waals surface area contributed by atoms with Gasteiger partial charge < -0.3 is 4.89 Å². The van der Waals surface area contributed by atoms with Crippen LogP contribution in [0.3, 0.4) is 0 Å². The van der Waals surface area contributed by atoms with Crippen LogP contribution in [-0.2, 0) is 4.57 Å². The van der Waals surface area contributed by atoms with E-state index in [4.69, 9.17) is 4.89 Å². The van der Waals surface area contributed by atoms with Gasteiger partial charge in [0.15, 0.2) is 8.03 Å². The van der Waals surface area contributed by atoms with Crippen LogP contribution in [0.15, 0.2) is 12.7 Å². The van der Waals surface area contributed by atoms with E-state index in [1.54, 1.807) is 0 Å². The van der Waals surface area contributed by atoms with Crippen molar-refractivity contribution in [1.82, 2.24) is 0 Å². The summed E-state index contributed by atoms with van der Waals surface area (Å²) < 4.78 is 10.3. The summed E-state index contributed by atoms with van der Waals surface area (Å²) in [4.78, 5) is 8.49. The molecule has 11 heavy (non-hydrogen) atoms. The first-order valence-corrected chi connectivity index (χ1v) is 5.66. The molecule has 0 rings (SSSR count). The van der Waals surface area contributed by atoms with Crippen LogP contribution in [0.1, 0.15) is 32.1 Å². The fraction of sp³-hybridized carbons (Fsp3) is 0.750. The molecule has 0 aromatic rings. The van der Waals surface area contributed by atoms with Gasteiger partial charge in [-0.2, -0.15) is 0 Å². The molecule has 0 bridgehead atoms. The summed E-state index contributed by atoms with van der Waals surface area (Å²) in [5, 5.41) is 0. The van der Waals surface area contributed by atoms with Crippen LogP contribution in [0.25, 0.3) is 0 Å². The first-order chi connectivity index (χ1) is 5.27. The molecule has 0 aliphatic carbocycles. The van der Waals surface area contributed by atoms with Crippen molar-refractivity contribution >= 4 is 8.03 Å². The van der Waals surface area contributed by atoms with Crippen molar-refractivity contribution in [2.75, 3.05) is 6.16 Å². The summed E-state index contributed by atoms with van der Waals surface area (Å²) in [5.41, 5.74) is 0. The van der Waals surface area contributed by atoms with Crippen LogP contribution in [-0.4, -0.2) is 11.1 Å². The Hall–Kier alpha value is -0.0700. The van der Waals surface area contributed by atoms with Gasteiger partial charge in [-0.15, -0.1) is 6.58 Å². The minimum absolute atomic E-state index is 0.499. The zero-order valence-corrected chi connectivity index (χ0v) is 7.88. The lowest BCUT2D eigenvalue weighted by atomic mass is 10.2.